The molecule has 0 amide bonds. The van der Waals surface area contributed by atoms with Gasteiger partial charge in [0, 0.05) is 23.3 Å². The van der Waals surface area contributed by atoms with Gasteiger partial charge >= 0.3 is 12.3 Å². The lowest BCUT2D eigenvalue weighted by atomic mass is 10.0. The first-order valence-electron chi connectivity index (χ1n) is 12.5. The molecule has 42 heavy (non-hydrogen) atoms. The molecule has 0 aliphatic rings. The highest BCUT2D eigenvalue weighted by Gasteiger charge is 2.31. The highest BCUT2D eigenvalue weighted by atomic mass is 35.5. The van der Waals surface area contributed by atoms with Crippen LogP contribution in [0.1, 0.15) is 27.3 Å². The molecule has 0 saturated heterocycles. The van der Waals surface area contributed by atoms with E-state index in [-0.39, 0.29) is 11.3 Å². The van der Waals surface area contributed by atoms with Crippen molar-refractivity contribution in [2.24, 2.45) is 0 Å². The predicted octanol–water partition coefficient (Wildman–Crippen LogP) is 9.34. The van der Waals surface area contributed by atoms with E-state index in [9.17, 15) is 23.1 Å². The fraction of sp³-hybridized carbons (Fsp3) is 0.0625. The first-order valence-corrected chi connectivity index (χ1v) is 13.3. The molecule has 1 heterocycles. The molecule has 5 nitrogen and oxygen atoms in total. The average molecular weight is 609 g/mol. The molecular formula is C32H21Cl2F3N2O3. The van der Waals surface area contributed by atoms with Crippen LogP contribution in [0.25, 0.3) is 34.5 Å². The number of carboxylic acid groups (broad SMARTS) is 1. The van der Waals surface area contributed by atoms with Crippen molar-refractivity contribution >= 4 is 41.3 Å². The Labute approximate surface area is 249 Å². The van der Waals surface area contributed by atoms with Gasteiger partial charge in [-0.2, -0.15) is 0 Å². The molecule has 0 atom stereocenters. The van der Waals surface area contributed by atoms with Crippen molar-refractivity contribution in [1.29, 1.82) is 0 Å². The summed E-state index contributed by atoms with van der Waals surface area (Å²) in [4.78, 5) is 16.0. The Bertz CT molecular complexity index is 1750. The summed E-state index contributed by atoms with van der Waals surface area (Å²) in [6.07, 6.45) is 0.882. The normalized spacial score (nSPS) is 11.6. The number of ether oxygens (including phenoxy) is 1. The summed E-state index contributed by atoms with van der Waals surface area (Å²) in [5, 5.41) is 10.2. The van der Waals surface area contributed by atoms with E-state index < -0.39 is 12.3 Å². The van der Waals surface area contributed by atoms with Gasteiger partial charge in [0.2, 0.25) is 0 Å². The minimum atomic E-state index is -4.74. The molecule has 0 saturated carbocycles. The van der Waals surface area contributed by atoms with Crippen molar-refractivity contribution in [2.45, 2.75) is 12.9 Å². The SMILES string of the molecule is O=C(O)c1ccc(Cn2cc(-c3ccc(Cl)cc3Cl)nc2C=Cc2ccc(-c3ccc(OC(F)(F)F)cc3)cc2)cc1. The first-order chi connectivity index (χ1) is 20.0. The zero-order chi connectivity index (χ0) is 29.9. The highest BCUT2D eigenvalue weighted by Crippen LogP contribution is 2.31. The minimum absolute atomic E-state index is 0.201. The van der Waals surface area contributed by atoms with E-state index in [4.69, 9.17) is 28.2 Å². The lowest BCUT2D eigenvalue weighted by Crippen LogP contribution is -2.16. The first kappa shape index (κ1) is 29.0. The molecule has 4 aromatic carbocycles. The summed E-state index contributed by atoms with van der Waals surface area (Å²) in [5.41, 5.74) is 4.90. The van der Waals surface area contributed by atoms with Crippen LogP contribution in [-0.2, 0) is 6.54 Å². The van der Waals surface area contributed by atoms with E-state index in [1.54, 1.807) is 54.6 Å². The van der Waals surface area contributed by atoms with Gasteiger partial charge in [-0.3, -0.25) is 0 Å². The van der Waals surface area contributed by atoms with Gasteiger partial charge in [0.15, 0.2) is 0 Å². The van der Waals surface area contributed by atoms with Crippen LogP contribution in [0.15, 0.2) is 97.2 Å². The highest BCUT2D eigenvalue weighted by molar-refractivity contribution is 6.36. The zero-order valence-corrected chi connectivity index (χ0v) is 23.2. The lowest BCUT2D eigenvalue weighted by molar-refractivity contribution is -0.274. The number of alkyl halides is 3. The molecule has 0 unspecified atom stereocenters. The molecule has 1 N–H and O–H groups in total. The number of benzene rings is 4. The van der Waals surface area contributed by atoms with Crippen LogP contribution in [0.2, 0.25) is 10.0 Å². The number of imidazole rings is 1. The van der Waals surface area contributed by atoms with Crippen LogP contribution < -0.4 is 4.74 Å². The zero-order valence-electron chi connectivity index (χ0n) is 21.6. The molecule has 0 bridgehead atoms. The second kappa shape index (κ2) is 12.1. The third kappa shape index (κ3) is 7.21. The predicted molar refractivity (Wildman–Crippen MR) is 158 cm³/mol. The van der Waals surface area contributed by atoms with Gasteiger partial charge in [-0.1, -0.05) is 77.8 Å². The summed E-state index contributed by atoms with van der Waals surface area (Å²) in [6, 6.07) is 25.0. The summed E-state index contributed by atoms with van der Waals surface area (Å²) in [7, 11) is 0. The Hall–Kier alpha value is -4.53. The molecule has 212 valence electrons. The topological polar surface area (TPSA) is 64.3 Å². The quantitative estimate of drug-likeness (QED) is 0.191. The molecule has 0 spiro atoms. The van der Waals surface area contributed by atoms with Gasteiger partial charge in [0.1, 0.15) is 11.6 Å². The van der Waals surface area contributed by atoms with E-state index in [1.807, 2.05) is 47.2 Å². The Morgan fingerprint density at radius 2 is 1.52 bits per heavy atom. The maximum atomic E-state index is 12.4. The summed E-state index contributed by atoms with van der Waals surface area (Å²) < 4.78 is 43.2. The number of carbonyl (C=O) groups is 1. The number of nitrogens with zero attached hydrogens (tertiary/aromatic N) is 2. The second-order valence-corrected chi connectivity index (χ2v) is 10.1. The standard InChI is InChI=1S/C32H21Cl2F3N2O3/c33-25-12-15-27(28(34)17-25)29-19-39(18-21-3-8-24(9-4-21)31(40)41)30(38-29)16-5-20-1-6-22(7-2-20)23-10-13-26(14-11-23)42-32(35,36)37/h1-17,19H,18H2,(H,40,41). The molecule has 0 radical (unpaired) electrons. The van der Waals surface area contributed by atoms with Gasteiger partial charge in [-0.15, -0.1) is 13.2 Å². The van der Waals surface area contributed by atoms with Gasteiger partial charge < -0.3 is 14.4 Å². The summed E-state index contributed by atoms with van der Waals surface area (Å²) in [5.74, 6) is -0.632. The van der Waals surface area contributed by atoms with Crippen molar-refractivity contribution < 1.29 is 27.8 Å². The van der Waals surface area contributed by atoms with Crippen molar-refractivity contribution in [3.63, 3.8) is 0 Å². The van der Waals surface area contributed by atoms with Crippen molar-refractivity contribution in [3.8, 4) is 28.1 Å². The van der Waals surface area contributed by atoms with Crippen molar-refractivity contribution in [2.75, 3.05) is 0 Å². The van der Waals surface area contributed by atoms with Gasteiger partial charge in [0.05, 0.1) is 16.3 Å². The van der Waals surface area contributed by atoms with Crippen LogP contribution >= 0.6 is 23.2 Å². The number of carboxylic acids is 1. The molecule has 5 rings (SSSR count). The van der Waals surface area contributed by atoms with Crippen LogP contribution in [-0.4, -0.2) is 27.0 Å². The third-order valence-corrected chi connectivity index (χ3v) is 6.87. The summed E-state index contributed by atoms with van der Waals surface area (Å²) >= 11 is 12.5. The fourth-order valence-corrected chi connectivity index (χ4v) is 4.78. The molecule has 5 aromatic rings. The van der Waals surface area contributed by atoms with Gasteiger partial charge in [-0.25, -0.2) is 9.78 Å². The molecule has 1 aromatic heterocycles. The maximum absolute atomic E-state index is 12.4. The van der Waals surface area contributed by atoms with Crippen molar-refractivity contribution in [1.82, 2.24) is 9.55 Å². The Balaban J connectivity index is 1.40. The molecule has 0 aliphatic heterocycles. The summed E-state index contributed by atoms with van der Waals surface area (Å²) in [6.45, 7) is 0.435. The van der Waals surface area contributed by atoms with Crippen LogP contribution in [0, 0.1) is 0 Å². The number of hydrogen-bond acceptors (Lipinski definition) is 3. The van der Waals surface area contributed by atoms with E-state index in [2.05, 4.69) is 4.74 Å². The van der Waals surface area contributed by atoms with E-state index in [1.165, 1.54) is 12.1 Å². The minimum Gasteiger partial charge on any atom is -0.478 e. The fourth-order valence-electron chi connectivity index (χ4n) is 4.27. The number of hydrogen-bond donors (Lipinski definition) is 1. The Morgan fingerprint density at radius 1 is 0.881 bits per heavy atom. The lowest BCUT2D eigenvalue weighted by Gasteiger charge is -2.09. The van der Waals surface area contributed by atoms with E-state index in [0.29, 0.717) is 33.7 Å². The maximum Gasteiger partial charge on any atom is 0.573 e. The smallest absolute Gasteiger partial charge is 0.478 e. The van der Waals surface area contributed by atoms with E-state index in [0.717, 1.165) is 22.3 Å². The van der Waals surface area contributed by atoms with Crippen LogP contribution in [0.4, 0.5) is 13.2 Å². The van der Waals surface area contributed by atoms with Gasteiger partial charge in [0.25, 0.3) is 0 Å². The number of aromatic nitrogens is 2. The second-order valence-electron chi connectivity index (χ2n) is 9.27. The monoisotopic (exact) mass is 608 g/mol. The average Bonchev–Trinajstić information content (AvgIpc) is 3.34. The largest absolute Gasteiger partial charge is 0.573 e. The van der Waals surface area contributed by atoms with Crippen LogP contribution in [0.5, 0.6) is 5.75 Å². The van der Waals surface area contributed by atoms with E-state index >= 15 is 0 Å². The Kier molecular flexibility index (Phi) is 8.38. The molecule has 0 aliphatic carbocycles. The molecule has 10 heteroatoms. The molecule has 0 fully saturated rings. The number of rotatable bonds is 8. The van der Waals surface area contributed by atoms with Gasteiger partial charge in [-0.05, 0) is 70.8 Å². The Morgan fingerprint density at radius 3 is 2.12 bits per heavy atom. The number of aromatic carboxylic acids is 1. The number of halogens is 5. The van der Waals surface area contributed by atoms with Crippen molar-refractivity contribution in [3.05, 3.63) is 130 Å². The third-order valence-electron chi connectivity index (χ3n) is 6.33. The van der Waals surface area contributed by atoms with Crippen LogP contribution in [0.3, 0.4) is 0 Å². The molecular weight excluding hydrogens is 588 g/mol.